The highest BCUT2D eigenvalue weighted by molar-refractivity contribution is 6.30. The third-order valence-electron chi connectivity index (χ3n) is 3.77. The van der Waals surface area contributed by atoms with E-state index in [1.165, 1.54) is 0 Å². The quantitative estimate of drug-likeness (QED) is 0.729. The minimum absolute atomic E-state index is 0.00123. The molecule has 0 spiro atoms. The van der Waals surface area contributed by atoms with Gasteiger partial charge < -0.3 is 15.4 Å². The maximum Gasteiger partial charge on any atom is 0.317 e. The molecule has 2 amide bonds. The van der Waals surface area contributed by atoms with Gasteiger partial charge in [-0.1, -0.05) is 23.7 Å². The lowest BCUT2D eigenvalue weighted by Crippen LogP contribution is -2.41. The van der Waals surface area contributed by atoms with Crippen LogP contribution in [0.4, 0.5) is 0 Å². The van der Waals surface area contributed by atoms with Crippen LogP contribution in [0.3, 0.4) is 0 Å². The van der Waals surface area contributed by atoms with Crippen LogP contribution in [0.5, 0.6) is 0 Å². The van der Waals surface area contributed by atoms with E-state index in [2.05, 4.69) is 10.6 Å². The summed E-state index contributed by atoms with van der Waals surface area (Å²) in [6.07, 6.45) is 1.37. The Kier molecular flexibility index (Phi) is 5.83. The Morgan fingerprint density at radius 3 is 2.33 bits per heavy atom. The number of amides is 2. The lowest BCUT2D eigenvalue weighted by molar-refractivity contribution is -0.151. The second-order valence-corrected chi connectivity index (χ2v) is 6.60. The van der Waals surface area contributed by atoms with Crippen LogP contribution in [-0.4, -0.2) is 37.0 Å². The summed E-state index contributed by atoms with van der Waals surface area (Å²) in [5.74, 6) is -1.22. The second kappa shape index (κ2) is 7.66. The smallest absolute Gasteiger partial charge is 0.317 e. The maximum atomic E-state index is 12.3. The largest absolute Gasteiger partial charge is 0.455 e. The fraction of sp³-hybridized carbons (Fsp3) is 0.471. The van der Waals surface area contributed by atoms with E-state index in [-0.39, 0.29) is 18.5 Å². The molecule has 0 aliphatic heterocycles. The maximum absolute atomic E-state index is 12.3. The van der Waals surface area contributed by atoms with Crippen molar-refractivity contribution in [3.63, 3.8) is 0 Å². The summed E-state index contributed by atoms with van der Waals surface area (Å²) in [5, 5.41) is 5.67. The number of hydrogen-bond donors (Lipinski definition) is 2. The van der Waals surface area contributed by atoms with Gasteiger partial charge in [0.15, 0.2) is 6.61 Å². The number of rotatable bonds is 7. The van der Waals surface area contributed by atoms with Crippen molar-refractivity contribution in [1.29, 1.82) is 0 Å². The Bertz CT molecular complexity index is 624. The SMILES string of the molecule is CC(C)NC(=O)CNC(=O)COC(=O)C1(c2ccc(Cl)cc2)CC1. The van der Waals surface area contributed by atoms with E-state index in [0.717, 1.165) is 5.56 Å². The molecule has 1 fully saturated rings. The van der Waals surface area contributed by atoms with Crippen LogP contribution in [0.15, 0.2) is 24.3 Å². The zero-order valence-corrected chi connectivity index (χ0v) is 14.5. The van der Waals surface area contributed by atoms with Gasteiger partial charge in [0.1, 0.15) is 0 Å². The average molecular weight is 353 g/mol. The summed E-state index contributed by atoms with van der Waals surface area (Å²) in [7, 11) is 0. The highest BCUT2D eigenvalue weighted by Gasteiger charge is 2.52. The van der Waals surface area contributed by atoms with Crippen molar-refractivity contribution in [2.24, 2.45) is 0 Å². The second-order valence-electron chi connectivity index (χ2n) is 6.16. The third-order valence-corrected chi connectivity index (χ3v) is 4.02. The first kappa shape index (κ1) is 18.3. The lowest BCUT2D eigenvalue weighted by atomic mass is 9.96. The Balaban J connectivity index is 1.79. The molecule has 2 N–H and O–H groups in total. The number of hydrogen-bond acceptors (Lipinski definition) is 4. The number of halogens is 1. The first-order valence-corrected chi connectivity index (χ1v) is 8.20. The van der Waals surface area contributed by atoms with Gasteiger partial charge in [-0.05, 0) is 44.4 Å². The van der Waals surface area contributed by atoms with E-state index in [9.17, 15) is 14.4 Å². The Morgan fingerprint density at radius 2 is 1.79 bits per heavy atom. The molecular weight excluding hydrogens is 332 g/mol. The van der Waals surface area contributed by atoms with E-state index in [4.69, 9.17) is 16.3 Å². The van der Waals surface area contributed by atoms with Gasteiger partial charge in [0.2, 0.25) is 5.91 Å². The predicted octanol–water partition coefficient (Wildman–Crippen LogP) is 1.56. The fourth-order valence-corrected chi connectivity index (χ4v) is 2.50. The number of benzene rings is 1. The van der Waals surface area contributed by atoms with Gasteiger partial charge in [-0.2, -0.15) is 0 Å². The van der Waals surface area contributed by atoms with Crippen LogP contribution in [0.2, 0.25) is 5.02 Å². The number of carbonyl (C=O) groups excluding carboxylic acids is 3. The Hall–Kier alpha value is -2.08. The summed E-state index contributed by atoms with van der Waals surface area (Å²) in [6.45, 7) is 3.11. The van der Waals surface area contributed by atoms with Gasteiger partial charge in [0.05, 0.1) is 12.0 Å². The molecule has 0 radical (unpaired) electrons. The summed E-state index contributed by atoms with van der Waals surface area (Å²) in [6, 6.07) is 7.05. The lowest BCUT2D eigenvalue weighted by Gasteiger charge is -2.15. The van der Waals surface area contributed by atoms with Crippen LogP contribution >= 0.6 is 11.6 Å². The van der Waals surface area contributed by atoms with Crippen LogP contribution in [0.1, 0.15) is 32.3 Å². The highest BCUT2D eigenvalue weighted by Crippen LogP contribution is 2.49. The summed E-state index contributed by atoms with van der Waals surface area (Å²) >= 11 is 5.85. The molecule has 0 unspecified atom stereocenters. The fourth-order valence-electron chi connectivity index (χ4n) is 2.38. The van der Waals surface area contributed by atoms with E-state index >= 15 is 0 Å². The molecular formula is C17H21ClN2O4. The molecule has 1 aromatic carbocycles. The molecule has 7 heteroatoms. The number of carbonyl (C=O) groups is 3. The minimum atomic E-state index is -0.667. The van der Waals surface area contributed by atoms with Crippen molar-refractivity contribution < 1.29 is 19.1 Å². The zero-order chi connectivity index (χ0) is 17.7. The first-order chi connectivity index (χ1) is 11.3. The Morgan fingerprint density at radius 1 is 1.17 bits per heavy atom. The molecule has 0 bridgehead atoms. The molecule has 0 atom stereocenters. The Labute approximate surface area is 145 Å². The van der Waals surface area contributed by atoms with E-state index in [0.29, 0.717) is 17.9 Å². The molecule has 130 valence electrons. The van der Waals surface area contributed by atoms with Gasteiger partial charge in [0, 0.05) is 11.1 Å². The summed E-state index contributed by atoms with van der Waals surface area (Å²) in [4.78, 5) is 35.4. The van der Waals surface area contributed by atoms with Crippen molar-refractivity contribution in [3.05, 3.63) is 34.9 Å². The van der Waals surface area contributed by atoms with Crippen molar-refractivity contribution in [3.8, 4) is 0 Å². The van der Waals surface area contributed by atoms with Crippen molar-refractivity contribution in [1.82, 2.24) is 10.6 Å². The van der Waals surface area contributed by atoms with E-state index in [1.54, 1.807) is 24.3 Å². The molecule has 1 saturated carbocycles. The molecule has 2 rings (SSSR count). The standard InChI is InChI=1S/C17H21ClN2O4/c1-11(2)20-14(21)9-19-15(22)10-24-16(23)17(7-8-17)12-3-5-13(18)6-4-12/h3-6,11H,7-10H2,1-2H3,(H,19,22)(H,20,21). The molecule has 0 saturated heterocycles. The van der Waals surface area contributed by atoms with Gasteiger partial charge in [0.25, 0.3) is 5.91 Å². The van der Waals surface area contributed by atoms with Crippen molar-refractivity contribution in [2.45, 2.75) is 38.1 Å². The number of esters is 1. The minimum Gasteiger partial charge on any atom is -0.455 e. The number of ether oxygens (including phenoxy) is 1. The van der Waals surface area contributed by atoms with Gasteiger partial charge >= 0.3 is 5.97 Å². The monoisotopic (exact) mass is 352 g/mol. The van der Waals surface area contributed by atoms with E-state index < -0.39 is 23.9 Å². The number of nitrogens with one attached hydrogen (secondary N) is 2. The molecule has 1 aliphatic carbocycles. The van der Waals surface area contributed by atoms with Gasteiger partial charge in [-0.15, -0.1) is 0 Å². The summed E-state index contributed by atoms with van der Waals surface area (Å²) in [5.41, 5.74) is 0.175. The van der Waals surface area contributed by atoms with Crippen LogP contribution in [0, 0.1) is 0 Å². The third kappa shape index (κ3) is 4.71. The van der Waals surface area contributed by atoms with Crippen molar-refractivity contribution in [2.75, 3.05) is 13.2 Å². The first-order valence-electron chi connectivity index (χ1n) is 7.83. The molecule has 0 heterocycles. The van der Waals surface area contributed by atoms with Crippen molar-refractivity contribution >= 4 is 29.4 Å². The predicted molar refractivity (Wildman–Crippen MR) is 89.6 cm³/mol. The van der Waals surface area contributed by atoms with E-state index in [1.807, 2.05) is 13.8 Å². The normalized spacial score (nSPS) is 14.8. The summed E-state index contributed by atoms with van der Waals surface area (Å²) < 4.78 is 5.11. The molecule has 0 aromatic heterocycles. The average Bonchev–Trinajstić information content (AvgIpc) is 3.32. The molecule has 1 aromatic rings. The zero-order valence-electron chi connectivity index (χ0n) is 13.7. The van der Waals surface area contributed by atoms with Crippen LogP contribution in [-0.2, 0) is 24.5 Å². The van der Waals surface area contributed by atoms with Gasteiger partial charge in [-0.25, -0.2) is 0 Å². The molecule has 1 aliphatic rings. The van der Waals surface area contributed by atoms with Crippen LogP contribution in [0.25, 0.3) is 0 Å². The highest BCUT2D eigenvalue weighted by atomic mass is 35.5. The molecule has 6 nitrogen and oxygen atoms in total. The van der Waals surface area contributed by atoms with Crippen LogP contribution < -0.4 is 10.6 Å². The topological polar surface area (TPSA) is 84.5 Å². The molecule has 24 heavy (non-hydrogen) atoms. The van der Waals surface area contributed by atoms with Gasteiger partial charge in [-0.3, -0.25) is 14.4 Å².